The second-order valence-corrected chi connectivity index (χ2v) is 5.56. The Balaban J connectivity index is 2.00. The average molecular weight is 300 g/mol. The predicted octanol–water partition coefficient (Wildman–Crippen LogP) is 2.58. The Morgan fingerprint density at radius 3 is 2.50 bits per heavy atom. The summed E-state index contributed by atoms with van der Waals surface area (Å²) in [6.07, 6.45) is 3.59. The van der Waals surface area contributed by atoms with Crippen LogP contribution in [0.1, 0.15) is 37.0 Å². The molecular weight excluding hydrogens is 276 g/mol. The van der Waals surface area contributed by atoms with Gasteiger partial charge in [0, 0.05) is 43.3 Å². The molecule has 1 heterocycles. The van der Waals surface area contributed by atoms with Crippen LogP contribution in [0.15, 0.2) is 36.7 Å². The second-order valence-electron chi connectivity index (χ2n) is 5.56. The molecule has 118 valence electrons. The monoisotopic (exact) mass is 300 g/mol. The zero-order chi connectivity index (χ0) is 16.1. The molecule has 5 nitrogen and oxygen atoms in total. The Kier molecular flexibility index (Phi) is 5.20. The van der Waals surface area contributed by atoms with E-state index in [1.165, 1.54) is 0 Å². The Morgan fingerprint density at radius 1 is 1.32 bits per heavy atom. The molecule has 0 saturated heterocycles. The molecule has 2 rings (SSSR count). The van der Waals surface area contributed by atoms with Crippen molar-refractivity contribution in [3.63, 3.8) is 0 Å². The number of aromatic nitrogens is 2. The summed E-state index contributed by atoms with van der Waals surface area (Å²) in [6.45, 7) is 7.83. The molecule has 0 spiro atoms. The first-order valence-corrected chi connectivity index (χ1v) is 7.64. The van der Waals surface area contributed by atoms with Crippen LogP contribution in [-0.4, -0.2) is 28.0 Å². The molecule has 1 amide bonds. The van der Waals surface area contributed by atoms with E-state index in [4.69, 9.17) is 0 Å². The highest BCUT2D eigenvalue weighted by atomic mass is 16.1. The summed E-state index contributed by atoms with van der Waals surface area (Å²) < 4.78 is 1.89. The van der Waals surface area contributed by atoms with Crippen LogP contribution in [0.25, 0.3) is 0 Å². The molecule has 0 radical (unpaired) electrons. The summed E-state index contributed by atoms with van der Waals surface area (Å²) in [6, 6.07) is 8.17. The number of carbonyl (C=O) groups excluding carboxylic acids is 1. The van der Waals surface area contributed by atoms with E-state index in [2.05, 4.69) is 36.0 Å². The van der Waals surface area contributed by atoms with E-state index < -0.39 is 0 Å². The molecule has 0 unspecified atom stereocenters. The molecule has 1 N–H and O–H groups in total. The van der Waals surface area contributed by atoms with E-state index in [1.54, 1.807) is 6.20 Å². The lowest BCUT2D eigenvalue weighted by molar-refractivity contribution is 0.0949. The smallest absolute Gasteiger partial charge is 0.251 e. The maximum atomic E-state index is 12.2. The number of hydrogen-bond acceptors (Lipinski definition) is 3. The summed E-state index contributed by atoms with van der Waals surface area (Å²) in [5.74, 6) is 0.754. The molecule has 0 fully saturated rings. The van der Waals surface area contributed by atoms with Crippen molar-refractivity contribution in [1.29, 1.82) is 0 Å². The standard InChI is InChI=1S/C17H24N4O/c1-5-21(13(2)3)15-8-6-14(7-9-15)17(22)19-12-16-18-10-11-20(16)4/h6-11,13H,5,12H2,1-4H3,(H,19,22). The van der Waals surface area contributed by atoms with Crippen molar-refractivity contribution in [2.24, 2.45) is 7.05 Å². The first kappa shape index (κ1) is 16.1. The van der Waals surface area contributed by atoms with E-state index in [0.717, 1.165) is 18.1 Å². The molecule has 0 saturated carbocycles. The van der Waals surface area contributed by atoms with Gasteiger partial charge in [-0.25, -0.2) is 4.98 Å². The molecule has 2 aromatic rings. The number of amides is 1. The fourth-order valence-corrected chi connectivity index (χ4v) is 2.48. The number of nitrogens with zero attached hydrogens (tertiary/aromatic N) is 3. The number of imidazole rings is 1. The third-order valence-corrected chi connectivity index (χ3v) is 3.75. The number of hydrogen-bond donors (Lipinski definition) is 1. The number of benzene rings is 1. The highest BCUT2D eigenvalue weighted by molar-refractivity contribution is 5.94. The van der Waals surface area contributed by atoms with Gasteiger partial charge in [0.1, 0.15) is 5.82 Å². The number of rotatable bonds is 6. The van der Waals surface area contributed by atoms with Gasteiger partial charge < -0.3 is 14.8 Å². The third-order valence-electron chi connectivity index (χ3n) is 3.75. The van der Waals surface area contributed by atoms with E-state index in [1.807, 2.05) is 42.1 Å². The van der Waals surface area contributed by atoms with Crippen molar-refractivity contribution in [1.82, 2.24) is 14.9 Å². The molecule has 22 heavy (non-hydrogen) atoms. The minimum atomic E-state index is -0.0813. The van der Waals surface area contributed by atoms with Crippen LogP contribution in [0.3, 0.4) is 0 Å². The Labute approximate surface area is 132 Å². The lowest BCUT2D eigenvalue weighted by atomic mass is 10.1. The van der Waals surface area contributed by atoms with Gasteiger partial charge in [-0.1, -0.05) is 0 Å². The third kappa shape index (κ3) is 3.67. The maximum Gasteiger partial charge on any atom is 0.251 e. The zero-order valence-corrected chi connectivity index (χ0v) is 13.7. The molecule has 0 bridgehead atoms. The van der Waals surface area contributed by atoms with Crippen molar-refractivity contribution in [2.45, 2.75) is 33.4 Å². The van der Waals surface area contributed by atoms with E-state index in [9.17, 15) is 4.79 Å². The van der Waals surface area contributed by atoms with Crippen LogP contribution in [0.4, 0.5) is 5.69 Å². The van der Waals surface area contributed by atoms with Crippen molar-refractivity contribution < 1.29 is 4.79 Å². The Hall–Kier alpha value is -2.30. The molecule has 5 heteroatoms. The topological polar surface area (TPSA) is 50.2 Å². The lowest BCUT2D eigenvalue weighted by Gasteiger charge is -2.27. The van der Waals surface area contributed by atoms with Gasteiger partial charge in [0.05, 0.1) is 6.54 Å². The van der Waals surface area contributed by atoms with Gasteiger partial charge in [-0.05, 0) is 45.0 Å². The molecule has 0 aliphatic carbocycles. The molecule has 0 aliphatic rings. The number of aryl methyl sites for hydroxylation is 1. The van der Waals surface area contributed by atoms with E-state index in [0.29, 0.717) is 18.2 Å². The molecule has 0 aliphatic heterocycles. The number of nitrogens with one attached hydrogen (secondary N) is 1. The summed E-state index contributed by atoms with van der Waals surface area (Å²) in [4.78, 5) is 18.7. The fourth-order valence-electron chi connectivity index (χ4n) is 2.48. The highest BCUT2D eigenvalue weighted by Crippen LogP contribution is 2.17. The van der Waals surface area contributed by atoms with E-state index >= 15 is 0 Å². The van der Waals surface area contributed by atoms with Crippen LogP contribution in [-0.2, 0) is 13.6 Å². The normalized spacial score (nSPS) is 10.8. The van der Waals surface area contributed by atoms with Gasteiger partial charge in [0.25, 0.3) is 5.91 Å². The van der Waals surface area contributed by atoms with Crippen LogP contribution >= 0.6 is 0 Å². The Morgan fingerprint density at radius 2 is 2.00 bits per heavy atom. The van der Waals surface area contributed by atoms with Gasteiger partial charge in [0.15, 0.2) is 0 Å². The van der Waals surface area contributed by atoms with Crippen LogP contribution in [0, 0.1) is 0 Å². The second kappa shape index (κ2) is 7.11. The lowest BCUT2D eigenvalue weighted by Crippen LogP contribution is -2.30. The van der Waals surface area contributed by atoms with Crippen LogP contribution in [0.2, 0.25) is 0 Å². The van der Waals surface area contributed by atoms with Crippen molar-refractivity contribution in [3.8, 4) is 0 Å². The molecule has 1 aromatic heterocycles. The van der Waals surface area contributed by atoms with Gasteiger partial charge in [-0.2, -0.15) is 0 Å². The van der Waals surface area contributed by atoms with E-state index in [-0.39, 0.29) is 5.91 Å². The summed E-state index contributed by atoms with van der Waals surface area (Å²) in [7, 11) is 1.91. The van der Waals surface area contributed by atoms with Crippen molar-refractivity contribution in [3.05, 3.63) is 48.0 Å². The minimum Gasteiger partial charge on any atom is -0.369 e. The minimum absolute atomic E-state index is 0.0813. The van der Waals surface area contributed by atoms with Gasteiger partial charge >= 0.3 is 0 Å². The summed E-state index contributed by atoms with van der Waals surface area (Å²) in [5, 5.41) is 2.89. The fraction of sp³-hybridized carbons (Fsp3) is 0.412. The number of anilines is 1. The van der Waals surface area contributed by atoms with Crippen molar-refractivity contribution in [2.75, 3.05) is 11.4 Å². The van der Waals surface area contributed by atoms with Crippen LogP contribution in [0.5, 0.6) is 0 Å². The highest BCUT2D eigenvalue weighted by Gasteiger charge is 2.10. The summed E-state index contributed by atoms with van der Waals surface area (Å²) >= 11 is 0. The number of carbonyl (C=O) groups is 1. The predicted molar refractivity (Wildman–Crippen MR) is 89.0 cm³/mol. The first-order valence-electron chi connectivity index (χ1n) is 7.64. The zero-order valence-electron chi connectivity index (χ0n) is 13.7. The molecule has 0 atom stereocenters. The largest absolute Gasteiger partial charge is 0.369 e. The van der Waals surface area contributed by atoms with Gasteiger partial charge in [-0.3, -0.25) is 4.79 Å². The average Bonchev–Trinajstić information content (AvgIpc) is 2.91. The quantitative estimate of drug-likeness (QED) is 0.892. The van der Waals surface area contributed by atoms with Crippen molar-refractivity contribution >= 4 is 11.6 Å². The van der Waals surface area contributed by atoms with Gasteiger partial charge in [0.2, 0.25) is 0 Å². The van der Waals surface area contributed by atoms with Crippen LogP contribution < -0.4 is 10.2 Å². The first-order chi connectivity index (χ1) is 10.5. The SMILES string of the molecule is CCN(c1ccc(C(=O)NCc2nccn2C)cc1)C(C)C. The molecular formula is C17H24N4O. The van der Waals surface area contributed by atoms with Gasteiger partial charge in [-0.15, -0.1) is 0 Å². The maximum absolute atomic E-state index is 12.2. The Bertz CT molecular complexity index is 616. The molecule has 1 aromatic carbocycles. The summed E-state index contributed by atoms with van der Waals surface area (Å²) in [5.41, 5.74) is 1.80.